The Labute approximate surface area is 164 Å². The third-order valence-electron chi connectivity index (χ3n) is 4.86. The lowest BCUT2D eigenvalue weighted by molar-refractivity contribution is -0.122. The van der Waals surface area contributed by atoms with Crippen molar-refractivity contribution in [3.8, 4) is 0 Å². The lowest BCUT2D eigenvalue weighted by Gasteiger charge is -2.31. The van der Waals surface area contributed by atoms with E-state index in [2.05, 4.69) is 39.8 Å². The number of halogens is 1. The standard InChI is InChI=1S/C20H33N3O2.ClH/c1-3-25-16-19-6-4-18(5-7-19)14-22-20(24)15-23-12-9-17(10-13-23)8-11-21-2;/h4-7,17,21H,3,8-16H2,1-2H3,(H,22,24);1H. The van der Waals surface area contributed by atoms with Crippen LogP contribution in [-0.2, 0) is 22.7 Å². The zero-order valence-electron chi connectivity index (χ0n) is 16.1. The predicted molar refractivity (Wildman–Crippen MR) is 109 cm³/mol. The van der Waals surface area contributed by atoms with Crippen LogP contribution in [0.2, 0.25) is 0 Å². The minimum Gasteiger partial charge on any atom is -0.377 e. The molecular weight excluding hydrogens is 350 g/mol. The zero-order valence-corrected chi connectivity index (χ0v) is 16.9. The van der Waals surface area contributed by atoms with Gasteiger partial charge in [-0.05, 0) is 69.9 Å². The van der Waals surface area contributed by atoms with Crippen LogP contribution in [0.25, 0.3) is 0 Å². The van der Waals surface area contributed by atoms with Crippen molar-refractivity contribution in [3.05, 3.63) is 35.4 Å². The first-order valence-electron chi connectivity index (χ1n) is 9.50. The molecule has 1 fully saturated rings. The van der Waals surface area contributed by atoms with Gasteiger partial charge in [0.25, 0.3) is 0 Å². The van der Waals surface area contributed by atoms with E-state index < -0.39 is 0 Å². The smallest absolute Gasteiger partial charge is 0.234 e. The molecular formula is C20H34ClN3O2. The Hall–Kier alpha value is -1.14. The fourth-order valence-corrected chi connectivity index (χ4v) is 3.21. The Morgan fingerprint density at radius 3 is 2.46 bits per heavy atom. The summed E-state index contributed by atoms with van der Waals surface area (Å²) in [6.45, 7) is 7.64. The van der Waals surface area contributed by atoms with Crippen molar-refractivity contribution in [2.24, 2.45) is 5.92 Å². The summed E-state index contributed by atoms with van der Waals surface area (Å²) in [6, 6.07) is 8.24. The van der Waals surface area contributed by atoms with Crippen molar-refractivity contribution in [3.63, 3.8) is 0 Å². The van der Waals surface area contributed by atoms with Gasteiger partial charge >= 0.3 is 0 Å². The summed E-state index contributed by atoms with van der Waals surface area (Å²) in [4.78, 5) is 14.4. The number of benzene rings is 1. The molecule has 0 saturated carbocycles. The van der Waals surface area contributed by atoms with E-state index >= 15 is 0 Å². The molecule has 0 unspecified atom stereocenters. The molecule has 0 atom stereocenters. The van der Waals surface area contributed by atoms with E-state index in [1.54, 1.807) is 0 Å². The molecule has 0 spiro atoms. The van der Waals surface area contributed by atoms with Crippen LogP contribution in [0.3, 0.4) is 0 Å². The maximum atomic E-state index is 12.2. The van der Waals surface area contributed by atoms with Crippen LogP contribution < -0.4 is 10.6 Å². The third kappa shape index (κ3) is 8.49. The number of carbonyl (C=O) groups excluding carboxylic acids is 1. The van der Waals surface area contributed by atoms with E-state index in [1.165, 1.54) is 19.3 Å². The number of ether oxygens (including phenoxy) is 1. The summed E-state index contributed by atoms with van der Waals surface area (Å²) in [5, 5.41) is 6.25. The average molecular weight is 384 g/mol. The molecule has 5 nitrogen and oxygen atoms in total. The maximum absolute atomic E-state index is 12.2. The molecule has 0 aromatic heterocycles. The highest BCUT2D eigenvalue weighted by Crippen LogP contribution is 2.19. The fourth-order valence-electron chi connectivity index (χ4n) is 3.21. The molecule has 1 aromatic carbocycles. The minimum absolute atomic E-state index is 0. The molecule has 1 amide bonds. The summed E-state index contributed by atoms with van der Waals surface area (Å²) < 4.78 is 5.39. The van der Waals surface area contributed by atoms with Crippen molar-refractivity contribution in [2.75, 3.05) is 39.8 Å². The molecule has 0 radical (unpaired) electrons. The normalized spacial score (nSPS) is 15.5. The third-order valence-corrected chi connectivity index (χ3v) is 4.86. The number of rotatable bonds is 10. The first-order chi connectivity index (χ1) is 12.2. The molecule has 6 heteroatoms. The number of piperidine rings is 1. The van der Waals surface area contributed by atoms with Gasteiger partial charge in [-0.2, -0.15) is 0 Å². The summed E-state index contributed by atoms with van der Waals surface area (Å²) in [5.74, 6) is 0.925. The van der Waals surface area contributed by atoms with Crippen molar-refractivity contribution >= 4 is 18.3 Å². The second-order valence-electron chi connectivity index (χ2n) is 6.84. The predicted octanol–water partition coefficient (Wildman–Crippen LogP) is 2.58. The van der Waals surface area contributed by atoms with E-state index in [9.17, 15) is 4.79 Å². The van der Waals surface area contributed by atoms with Crippen LogP contribution in [0, 0.1) is 5.92 Å². The first-order valence-corrected chi connectivity index (χ1v) is 9.50. The van der Waals surface area contributed by atoms with Gasteiger partial charge < -0.3 is 15.4 Å². The monoisotopic (exact) mass is 383 g/mol. The van der Waals surface area contributed by atoms with Gasteiger partial charge in [-0.15, -0.1) is 12.4 Å². The topological polar surface area (TPSA) is 53.6 Å². The summed E-state index contributed by atoms with van der Waals surface area (Å²) in [6.07, 6.45) is 3.66. The molecule has 0 bridgehead atoms. The molecule has 26 heavy (non-hydrogen) atoms. The van der Waals surface area contributed by atoms with Gasteiger partial charge in [0, 0.05) is 13.2 Å². The lowest BCUT2D eigenvalue weighted by Crippen LogP contribution is -2.41. The summed E-state index contributed by atoms with van der Waals surface area (Å²) >= 11 is 0. The van der Waals surface area contributed by atoms with Crippen LogP contribution in [0.4, 0.5) is 0 Å². The van der Waals surface area contributed by atoms with Gasteiger partial charge in [0.05, 0.1) is 13.2 Å². The van der Waals surface area contributed by atoms with Crippen LogP contribution >= 0.6 is 12.4 Å². The number of hydrogen-bond acceptors (Lipinski definition) is 4. The first kappa shape index (κ1) is 22.9. The molecule has 1 aliphatic heterocycles. The molecule has 1 aliphatic rings. The largest absolute Gasteiger partial charge is 0.377 e. The lowest BCUT2D eigenvalue weighted by atomic mass is 9.93. The second-order valence-corrected chi connectivity index (χ2v) is 6.84. The molecule has 1 aromatic rings. The highest BCUT2D eigenvalue weighted by Gasteiger charge is 2.20. The molecule has 1 saturated heterocycles. The number of nitrogens with zero attached hydrogens (tertiary/aromatic N) is 1. The van der Waals surface area contributed by atoms with E-state index in [0.717, 1.165) is 43.3 Å². The highest BCUT2D eigenvalue weighted by molar-refractivity contribution is 5.85. The van der Waals surface area contributed by atoms with Crippen molar-refractivity contribution < 1.29 is 9.53 Å². The van der Waals surface area contributed by atoms with E-state index in [0.29, 0.717) is 19.7 Å². The Morgan fingerprint density at radius 2 is 1.85 bits per heavy atom. The minimum atomic E-state index is 0. The molecule has 2 N–H and O–H groups in total. The molecule has 1 heterocycles. The average Bonchev–Trinajstić information content (AvgIpc) is 2.65. The Kier molecular flexibility index (Phi) is 11.5. The maximum Gasteiger partial charge on any atom is 0.234 e. The van der Waals surface area contributed by atoms with Crippen LogP contribution in [-0.4, -0.2) is 50.6 Å². The van der Waals surface area contributed by atoms with Gasteiger partial charge in [-0.25, -0.2) is 0 Å². The van der Waals surface area contributed by atoms with Crippen molar-refractivity contribution in [1.29, 1.82) is 0 Å². The van der Waals surface area contributed by atoms with Gasteiger partial charge in [0.1, 0.15) is 0 Å². The van der Waals surface area contributed by atoms with Crippen molar-refractivity contribution in [1.82, 2.24) is 15.5 Å². The number of amides is 1. The zero-order chi connectivity index (χ0) is 17.9. The van der Waals surface area contributed by atoms with Crippen LogP contribution in [0.1, 0.15) is 37.3 Å². The van der Waals surface area contributed by atoms with Gasteiger partial charge in [-0.3, -0.25) is 9.69 Å². The Balaban J connectivity index is 0.00000338. The summed E-state index contributed by atoms with van der Waals surface area (Å²) in [5.41, 5.74) is 2.29. The van der Waals surface area contributed by atoms with Crippen molar-refractivity contribution in [2.45, 2.75) is 39.3 Å². The Morgan fingerprint density at radius 1 is 1.19 bits per heavy atom. The molecule has 148 valence electrons. The number of nitrogens with one attached hydrogen (secondary N) is 2. The number of likely N-dealkylation sites (tertiary alicyclic amines) is 1. The van der Waals surface area contributed by atoms with E-state index in [-0.39, 0.29) is 18.3 Å². The molecule has 0 aliphatic carbocycles. The highest BCUT2D eigenvalue weighted by atomic mass is 35.5. The van der Waals surface area contributed by atoms with Gasteiger partial charge in [-0.1, -0.05) is 24.3 Å². The van der Waals surface area contributed by atoms with E-state index in [1.807, 2.05) is 14.0 Å². The number of hydrogen-bond donors (Lipinski definition) is 2. The Bertz CT molecular complexity index is 502. The molecule has 2 rings (SSSR count). The van der Waals surface area contributed by atoms with Gasteiger partial charge in [0.2, 0.25) is 5.91 Å². The van der Waals surface area contributed by atoms with Crippen LogP contribution in [0.5, 0.6) is 0 Å². The quantitative estimate of drug-likeness (QED) is 0.652. The van der Waals surface area contributed by atoms with E-state index in [4.69, 9.17) is 4.74 Å². The van der Waals surface area contributed by atoms with Gasteiger partial charge in [0.15, 0.2) is 0 Å². The second kappa shape index (κ2) is 13.1. The van der Waals surface area contributed by atoms with Crippen LogP contribution in [0.15, 0.2) is 24.3 Å². The fraction of sp³-hybridized carbons (Fsp3) is 0.650. The number of carbonyl (C=O) groups is 1. The summed E-state index contributed by atoms with van der Waals surface area (Å²) in [7, 11) is 2.01. The SMILES string of the molecule is CCOCc1ccc(CNC(=O)CN2CCC(CCNC)CC2)cc1.Cl.